The number of aromatic nitrogens is 1. The Bertz CT molecular complexity index is 3560. The van der Waals surface area contributed by atoms with Crippen LogP contribution in [0.15, 0.2) is 235 Å². The second-order valence-electron chi connectivity index (χ2n) is 15.7. The topological polar surface area (TPSA) is 21.3 Å². The zero-order valence-corrected chi connectivity index (χ0v) is 33.2. The van der Waals surface area contributed by atoms with Gasteiger partial charge >= 0.3 is 0 Å². The molecule has 3 heteroatoms. The Labute approximate surface area is 353 Å². The Kier molecular flexibility index (Phi) is 8.17. The summed E-state index contributed by atoms with van der Waals surface area (Å²) in [7, 11) is 0. The summed E-state index contributed by atoms with van der Waals surface area (Å²) < 4.78 is 8.80. The molecule has 0 aliphatic heterocycles. The molecule has 3 nitrogen and oxygen atoms in total. The van der Waals surface area contributed by atoms with Crippen LogP contribution in [-0.4, -0.2) is 4.57 Å². The lowest BCUT2D eigenvalue weighted by atomic mass is 10.0. The van der Waals surface area contributed by atoms with Crippen LogP contribution in [0.5, 0.6) is 0 Å². The molecule has 2 heterocycles. The van der Waals surface area contributed by atoms with Crippen molar-refractivity contribution in [3.63, 3.8) is 0 Å². The molecule has 0 amide bonds. The number of rotatable bonds is 7. The molecule has 0 radical (unpaired) electrons. The molecule has 10 aromatic carbocycles. The first kappa shape index (κ1) is 34.9. The van der Waals surface area contributed by atoms with Gasteiger partial charge in [-0.1, -0.05) is 158 Å². The van der Waals surface area contributed by atoms with Gasteiger partial charge in [-0.3, -0.25) is 0 Å². The predicted octanol–water partition coefficient (Wildman–Crippen LogP) is 16.3. The van der Waals surface area contributed by atoms with E-state index in [0.29, 0.717) is 0 Å². The second kappa shape index (κ2) is 14.3. The SMILES string of the molecule is c1ccc(-c2ccc(-n3c4ccccc4c4cc(-c5ccc(N(c6ccc(-c7cccc8c7oc7ccccc78)cc6)c6ccc7ccccc7c6)cc5)ccc43)cc2)cc1. The third-order valence-corrected chi connectivity index (χ3v) is 12.2. The molecule has 0 aliphatic carbocycles. The highest BCUT2D eigenvalue weighted by Gasteiger charge is 2.18. The molecule has 2 aromatic heterocycles. The molecule has 0 fully saturated rings. The Morgan fingerprint density at radius 3 is 1.70 bits per heavy atom. The minimum atomic E-state index is 0.907. The van der Waals surface area contributed by atoms with Crippen LogP contribution in [0.25, 0.3) is 93.6 Å². The van der Waals surface area contributed by atoms with Crippen molar-refractivity contribution in [3.05, 3.63) is 231 Å². The van der Waals surface area contributed by atoms with Gasteiger partial charge in [0.25, 0.3) is 0 Å². The summed E-state index contributed by atoms with van der Waals surface area (Å²) in [5.74, 6) is 0. The van der Waals surface area contributed by atoms with Crippen LogP contribution in [0.1, 0.15) is 0 Å². The third-order valence-electron chi connectivity index (χ3n) is 12.2. The Hall–Kier alpha value is -8.14. The molecule has 0 N–H and O–H groups in total. The van der Waals surface area contributed by atoms with Crippen molar-refractivity contribution in [1.29, 1.82) is 0 Å². The number of para-hydroxylation sites is 3. The summed E-state index contributed by atoms with van der Waals surface area (Å²) >= 11 is 0. The van der Waals surface area contributed by atoms with E-state index in [0.717, 1.165) is 55.8 Å². The van der Waals surface area contributed by atoms with E-state index >= 15 is 0 Å². The molecule has 286 valence electrons. The highest BCUT2D eigenvalue weighted by molar-refractivity contribution is 6.11. The van der Waals surface area contributed by atoms with E-state index in [4.69, 9.17) is 4.42 Å². The molecule has 0 saturated heterocycles. The van der Waals surface area contributed by atoms with Crippen LogP contribution in [0, 0.1) is 0 Å². The minimum absolute atomic E-state index is 0.907. The molecule has 12 rings (SSSR count). The lowest BCUT2D eigenvalue weighted by Gasteiger charge is -2.26. The van der Waals surface area contributed by atoms with Gasteiger partial charge in [0, 0.05) is 49.9 Å². The molecule has 0 atom stereocenters. The first-order valence-electron chi connectivity index (χ1n) is 20.8. The van der Waals surface area contributed by atoms with Gasteiger partial charge < -0.3 is 13.9 Å². The fraction of sp³-hybridized carbons (Fsp3) is 0. The fourth-order valence-electron chi connectivity index (χ4n) is 9.19. The van der Waals surface area contributed by atoms with E-state index in [1.54, 1.807) is 0 Å². The lowest BCUT2D eigenvalue weighted by Crippen LogP contribution is -2.09. The van der Waals surface area contributed by atoms with Gasteiger partial charge in [-0.2, -0.15) is 0 Å². The number of furan rings is 1. The predicted molar refractivity (Wildman–Crippen MR) is 257 cm³/mol. The number of benzene rings is 10. The lowest BCUT2D eigenvalue weighted by molar-refractivity contribution is 0.670. The van der Waals surface area contributed by atoms with Crippen molar-refractivity contribution < 1.29 is 4.42 Å². The average molecular weight is 779 g/mol. The van der Waals surface area contributed by atoms with E-state index in [-0.39, 0.29) is 0 Å². The van der Waals surface area contributed by atoms with Crippen LogP contribution in [0.3, 0.4) is 0 Å². The maximum atomic E-state index is 6.42. The highest BCUT2D eigenvalue weighted by atomic mass is 16.3. The number of hydrogen-bond acceptors (Lipinski definition) is 2. The minimum Gasteiger partial charge on any atom is -0.455 e. The summed E-state index contributed by atoms with van der Waals surface area (Å²) in [5, 5.41) is 7.17. The largest absolute Gasteiger partial charge is 0.455 e. The highest BCUT2D eigenvalue weighted by Crippen LogP contribution is 2.41. The zero-order chi connectivity index (χ0) is 40.3. The fourth-order valence-corrected chi connectivity index (χ4v) is 9.19. The van der Waals surface area contributed by atoms with Crippen molar-refractivity contribution in [2.24, 2.45) is 0 Å². The van der Waals surface area contributed by atoms with E-state index in [9.17, 15) is 0 Å². The molecular weight excluding hydrogens is 741 g/mol. The van der Waals surface area contributed by atoms with Crippen molar-refractivity contribution in [2.75, 3.05) is 4.90 Å². The molecule has 12 aromatic rings. The number of anilines is 3. The molecule has 0 saturated carbocycles. The molecule has 0 spiro atoms. The first-order chi connectivity index (χ1) is 30.2. The van der Waals surface area contributed by atoms with Gasteiger partial charge in [0.05, 0.1) is 11.0 Å². The van der Waals surface area contributed by atoms with Gasteiger partial charge in [-0.15, -0.1) is 0 Å². The zero-order valence-electron chi connectivity index (χ0n) is 33.2. The summed E-state index contributed by atoms with van der Waals surface area (Å²) in [5.41, 5.74) is 15.6. The standard InChI is InChI=1S/C58H38N2O/c1-2-11-39(12-3-1)41-21-31-48(32-22-41)60-55-19-8-6-15-51(55)54-38-45(28-36-56(54)60)42-23-29-46(30-24-42)59(49-35-25-40-13-4-5-14-44(40)37-49)47-33-26-43(27-34-47)50-17-10-18-53-52-16-7-9-20-57(52)61-58(50)53/h1-38H. The van der Waals surface area contributed by atoms with Crippen molar-refractivity contribution in [2.45, 2.75) is 0 Å². The average Bonchev–Trinajstić information content (AvgIpc) is 3.88. The first-order valence-corrected chi connectivity index (χ1v) is 20.8. The van der Waals surface area contributed by atoms with E-state index in [2.05, 4.69) is 228 Å². The maximum Gasteiger partial charge on any atom is 0.143 e. The molecule has 0 unspecified atom stereocenters. The summed E-state index contributed by atoms with van der Waals surface area (Å²) in [6.07, 6.45) is 0. The molecule has 0 aliphatic rings. The summed E-state index contributed by atoms with van der Waals surface area (Å²) in [6, 6.07) is 82.9. The summed E-state index contributed by atoms with van der Waals surface area (Å²) in [6.45, 7) is 0. The normalized spacial score (nSPS) is 11.6. The third kappa shape index (κ3) is 5.98. The quantitative estimate of drug-likeness (QED) is 0.161. The van der Waals surface area contributed by atoms with Crippen molar-refractivity contribution >= 4 is 71.6 Å². The molecule has 0 bridgehead atoms. The van der Waals surface area contributed by atoms with Crippen LogP contribution in [0.2, 0.25) is 0 Å². The van der Waals surface area contributed by atoms with Gasteiger partial charge in [0.2, 0.25) is 0 Å². The maximum absolute atomic E-state index is 6.42. The van der Waals surface area contributed by atoms with Gasteiger partial charge in [-0.25, -0.2) is 0 Å². The number of fused-ring (bicyclic) bond motifs is 7. The number of hydrogen-bond donors (Lipinski definition) is 0. The van der Waals surface area contributed by atoms with Crippen LogP contribution >= 0.6 is 0 Å². The van der Waals surface area contributed by atoms with Crippen LogP contribution < -0.4 is 4.90 Å². The Balaban J connectivity index is 0.917. The van der Waals surface area contributed by atoms with Gasteiger partial charge in [-0.05, 0) is 111 Å². The summed E-state index contributed by atoms with van der Waals surface area (Å²) in [4.78, 5) is 2.35. The smallest absolute Gasteiger partial charge is 0.143 e. The molecular formula is C58H38N2O. The Morgan fingerprint density at radius 1 is 0.328 bits per heavy atom. The van der Waals surface area contributed by atoms with Crippen LogP contribution in [0.4, 0.5) is 17.1 Å². The van der Waals surface area contributed by atoms with Gasteiger partial charge in [0.1, 0.15) is 11.2 Å². The number of nitrogens with zero attached hydrogens (tertiary/aromatic N) is 2. The van der Waals surface area contributed by atoms with Crippen molar-refractivity contribution in [1.82, 2.24) is 4.57 Å². The molecule has 61 heavy (non-hydrogen) atoms. The van der Waals surface area contributed by atoms with E-state index < -0.39 is 0 Å². The monoisotopic (exact) mass is 778 g/mol. The second-order valence-corrected chi connectivity index (χ2v) is 15.7. The van der Waals surface area contributed by atoms with Crippen LogP contribution in [-0.2, 0) is 0 Å². The van der Waals surface area contributed by atoms with E-state index in [1.807, 2.05) is 12.1 Å². The van der Waals surface area contributed by atoms with E-state index in [1.165, 1.54) is 54.8 Å². The van der Waals surface area contributed by atoms with Gasteiger partial charge in [0.15, 0.2) is 0 Å². The van der Waals surface area contributed by atoms with Crippen molar-refractivity contribution in [3.8, 4) is 39.1 Å². The Morgan fingerprint density at radius 2 is 0.902 bits per heavy atom.